The lowest BCUT2D eigenvalue weighted by atomic mass is 10.1. The fraction of sp³-hybridized carbons (Fsp3) is 0.158. The van der Waals surface area contributed by atoms with E-state index in [1.807, 2.05) is 24.3 Å². The van der Waals surface area contributed by atoms with Gasteiger partial charge in [-0.15, -0.1) is 16.9 Å². The molecule has 0 saturated carbocycles. The molecule has 0 saturated heterocycles. The van der Waals surface area contributed by atoms with Gasteiger partial charge in [-0.2, -0.15) is 5.26 Å². The number of carbonyl (C=O) groups excluding carboxylic acids is 1. The van der Waals surface area contributed by atoms with Crippen LogP contribution >= 0.6 is 23.4 Å². The number of aromatic nitrogens is 2. The Bertz CT molecular complexity index is 1060. The van der Waals surface area contributed by atoms with Gasteiger partial charge in [0.05, 0.1) is 22.9 Å². The first-order valence-corrected chi connectivity index (χ1v) is 9.84. The molecule has 3 rings (SSSR count). The highest BCUT2D eigenvalue weighted by molar-refractivity contribution is 8.00. The number of hydrogen-bond donors (Lipinski definition) is 2. The maximum Gasteiger partial charge on any atom is 0.312 e. The molecule has 0 aliphatic heterocycles. The zero-order valence-electron chi connectivity index (χ0n) is 15.2. The molecule has 0 unspecified atom stereocenters. The summed E-state index contributed by atoms with van der Waals surface area (Å²) in [5.41, 5.74) is 12.9. The number of nitrogens with two attached hydrogens (primary N) is 2. The van der Waals surface area contributed by atoms with Crippen molar-refractivity contribution in [3.05, 3.63) is 64.5 Å². The molecular weight excluding hydrogens is 412 g/mol. The van der Waals surface area contributed by atoms with Crippen LogP contribution in [0.2, 0.25) is 5.02 Å². The van der Waals surface area contributed by atoms with Crippen molar-refractivity contribution in [1.29, 1.82) is 5.26 Å². The number of hydrogen-bond acceptors (Lipinski definition) is 8. The second-order valence-electron chi connectivity index (χ2n) is 6.04. The lowest BCUT2D eigenvalue weighted by molar-refractivity contribution is -0.129. The van der Waals surface area contributed by atoms with Gasteiger partial charge in [-0.3, -0.25) is 4.79 Å². The number of halogens is 1. The fourth-order valence-electron chi connectivity index (χ4n) is 2.55. The van der Waals surface area contributed by atoms with Crippen molar-refractivity contribution < 1.29 is 9.21 Å². The Hall–Kier alpha value is -3.22. The predicted octanol–water partition coefficient (Wildman–Crippen LogP) is 3.08. The molecule has 4 N–H and O–H groups in total. The van der Waals surface area contributed by atoms with Gasteiger partial charge in [-0.05, 0) is 29.8 Å². The number of anilines is 2. The van der Waals surface area contributed by atoms with Crippen LogP contribution in [0.25, 0.3) is 0 Å². The zero-order chi connectivity index (χ0) is 20.8. The van der Waals surface area contributed by atoms with Gasteiger partial charge in [0.2, 0.25) is 11.8 Å². The first-order chi connectivity index (χ1) is 14.0. The predicted molar refractivity (Wildman–Crippen MR) is 111 cm³/mol. The van der Waals surface area contributed by atoms with Crippen molar-refractivity contribution in [3.63, 3.8) is 0 Å². The van der Waals surface area contributed by atoms with Crippen molar-refractivity contribution in [2.45, 2.75) is 18.0 Å². The summed E-state index contributed by atoms with van der Waals surface area (Å²) in [6, 6.07) is 14.3. The van der Waals surface area contributed by atoms with E-state index in [-0.39, 0.29) is 36.7 Å². The van der Waals surface area contributed by atoms with Crippen LogP contribution < -0.4 is 11.5 Å². The molecule has 1 aromatic heterocycles. The normalized spacial score (nSPS) is 10.5. The van der Waals surface area contributed by atoms with Gasteiger partial charge < -0.3 is 20.8 Å². The van der Waals surface area contributed by atoms with E-state index in [0.29, 0.717) is 16.3 Å². The van der Waals surface area contributed by atoms with Crippen LogP contribution in [-0.2, 0) is 17.9 Å². The van der Waals surface area contributed by atoms with Crippen LogP contribution in [0.3, 0.4) is 0 Å². The molecule has 0 aliphatic rings. The summed E-state index contributed by atoms with van der Waals surface area (Å²) in [5, 5.41) is 17.1. The molecule has 1 heterocycles. The minimum Gasteiger partial charge on any atom is -0.406 e. The van der Waals surface area contributed by atoms with Crippen molar-refractivity contribution in [2.24, 2.45) is 0 Å². The van der Waals surface area contributed by atoms with Crippen LogP contribution in [0.1, 0.15) is 17.0 Å². The Kier molecular flexibility index (Phi) is 6.59. The molecule has 2 aromatic carbocycles. The van der Waals surface area contributed by atoms with Crippen LogP contribution in [0.4, 0.5) is 11.7 Å². The van der Waals surface area contributed by atoms with Gasteiger partial charge in [0.1, 0.15) is 6.07 Å². The summed E-state index contributed by atoms with van der Waals surface area (Å²) in [7, 11) is 0. The van der Waals surface area contributed by atoms with E-state index < -0.39 is 0 Å². The first-order valence-electron chi connectivity index (χ1n) is 8.47. The maximum atomic E-state index is 12.9. The molecule has 0 atom stereocenters. The van der Waals surface area contributed by atoms with E-state index in [1.165, 1.54) is 11.8 Å². The third kappa shape index (κ3) is 5.40. The second kappa shape index (κ2) is 9.32. The summed E-state index contributed by atoms with van der Waals surface area (Å²) >= 11 is 7.50. The molecule has 148 valence electrons. The monoisotopic (exact) mass is 428 g/mol. The summed E-state index contributed by atoms with van der Waals surface area (Å²) in [4.78, 5) is 15.3. The third-order valence-corrected chi connectivity index (χ3v) is 5.46. The Balaban J connectivity index is 1.76. The molecule has 8 nitrogen and oxygen atoms in total. The minimum atomic E-state index is -0.158. The molecule has 10 heteroatoms. The highest BCUT2D eigenvalue weighted by Gasteiger charge is 2.19. The van der Waals surface area contributed by atoms with Crippen LogP contribution in [0, 0.1) is 11.3 Å². The number of nitriles is 1. The molecule has 0 spiro atoms. The molecule has 0 aliphatic carbocycles. The maximum absolute atomic E-state index is 12.9. The highest BCUT2D eigenvalue weighted by atomic mass is 35.5. The quantitative estimate of drug-likeness (QED) is 0.433. The molecule has 0 bridgehead atoms. The summed E-state index contributed by atoms with van der Waals surface area (Å²) in [6.07, 6.45) is 0. The zero-order valence-corrected chi connectivity index (χ0v) is 16.8. The molecule has 3 aromatic rings. The lowest BCUT2D eigenvalue weighted by Crippen LogP contribution is -2.31. The molecular formula is C19H17ClN6O2S. The van der Waals surface area contributed by atoms with Crippen LogP contribution in [-0.4, -0.2) is 26.8 Å². The third-order valence-electron chi connectivity index (χ3n) is 3.96. The number of carbonyl (C=O) groups is 1. The number of nitrogen functional groups attached to an aromatic ring is 2. The van der Waals surface area contributed by atoms with E-state index in [0.717, 1.165) is 10.5 Å². The van der Waals surface area contributed by atoms with E-state index in [4.69, 9.17) is 32.7 Å². The Morgan fingerprint density at radius 3 is 2.66 bits per heavy atom. The average Bonchev–Trinajstić information content (AvgIpc) is 3.11. The summed E-state index contributed by atoms with van der Waals surface area (Å²) < 4.78 is 5.21. The first kappa shape index (κ1) is 20.5. The van der Waals surface area contributed by atoms with Crippen LogP contribution in [0.15, 0.2) is 51.8 Å². The van der Waals surface area contributed by atoms with E-state index >= 15 is 0 Å². The lowest BCUT2D eigenvalue weighted by Gasteiger charge is -2.21. The van der Waals surface area contributed by atoms with Crippen LogP contribution in [0.5, 0.6) is 0 Å². The van der Waals surface area contributed by atoms with Gasteiger partial charge in [-0.25, -0.2) is 0 Å². The smallest absolute Gasteiger partial charge is 0.312 e. The minimum absolute atomic E-state index is 0.0690. The molecule has 0 radical (unpaired) electrons. The number of amides is 1. The topological polar surface area (TPSA) is 135 Å². The van der Waals surface area contributed by atoms with Gasteiger partial charge >= 0.3 is 6.01 Å². The summed E-state index contributed by atoms with van der Waals surface area (Å²) in [5.74, 6) is 0.230. The van der Waals surface area contributed by atoms with Crippen molar-refractivity contribution in [2.75, 3.05) is 17.2 Å². The SMILES string of the molecule is N#Cc1ccc(CN(Cc2nnc(N)o2)C(=O)CSc2ccccc2Cl)cc1N. The van der Waals surface area contributed by atoms with Gasteiger partial charge in [0.25, 0.3) is 0 Å². The van der Waals surface area contributed by atoms with Crippen molar-refractivity contribution in [3.8, 4) is 6.07 Å². The Morgan fingerprint density at radius 2 is 2.00 bits per heavy atom. The number of nitrogens with zero attached hydrogens (tertiary/aromatic N) is 4. The van der Waals surface area contributed by atoms with Gasteiger partial charge in [0, 0.05) is 17.1 Å². The summed E-state index contributed by atoms with van der Waals surface area (Å²) in [6.45, 7) is 0.339. The highest BCUT2D eigenvalue weighted by Crippen LogP contribution is 2.27. The van der Waals surface area contributed by atoms with E-state index in [2.05, 4.69) is 10.2 Å². The standard InChI is InChI=1S/C19H17ClN6O2S/c20-14-3-1-2-4-16(14)29-11-18(27)26(10-17-24-25-19(23)28-17)9-12-5-6-13(8-21)15(22)7-12/h1-7H,9-11,22H2,(H2,23,25). The number of benzene rings is 2. The van der Waals surface area contributed by atoms with Crippen molar-refractivity contribution >= 4 is 41.0 Å². The molecule has 1 amide bonds. The van der Waals surface area contributed by atoms with Gasteiger partial charge in [0.15, 0.2) is 0 Å². The molecule has 29 heavy (non-hydrogen) atoms. The average molecular weight is 429 g/mol. The Morgan fingerprint density at radius 1 is 1.21 bits per heavy atom. The Labute approximate surface area is 176 Å². The van der Waals surface area contributed by atoms with E-state index in [1.54, 1.807) is 29.2 Å². The van der Waals surface area contributed by atoms with Crippen molar-refractivity contribution in [1.82, 2.24) is 15.1 Å². The fourth-order valence-corrected chi connectivity index (χ4v) is 3.69. The second-order valence-corrected chi connectivity index (χ2v) is 7.46. The largest absolute Gasteiger partial charge is 0.406 e. The number of thioether (sulfide) groups is 1. The van der Waals surface area contributed by atoms with Gasteiger partial charge in [-0.1, -0.05) is 34.9 Å². The molecule has 0 fully saturated rings. The number of rotatable bonds is 7. The van der Waals surface area contributed by atoms with E-state index in [9.17, 15) is 4.79 Å².